The van der Waals surface area contributed by atoms with Crippen LogP contribution >= 0.6 is 11.8 Å². The summed E-state index contributed by atoms with van der Waals surface area (Å²) >= 11 is 1.28. The van der Waals surface area contributed by atoms with Crippen LogP contribution in [0.15, 0.2) is 48.8 Å². The second kappa shape index (κ2) is 8.76. The number of aromatic nitrogens is 2. The standard InChI is InChI=1S/C23H22FN5O2S/c24-22-15(2-1-5-27-22)14-3-4-19-16(10-14)18(13-32-23(25)26)17-11-21(28-12-20(17)31-19)29-6-8-30-9-7-29/h1-5,10-12,18H,6-9,13H2,(H3,25,26)/t18-/m1/s1. The van der Waals surface area contributed by atoms with Gasteiger partial charge >= 0.3 is 0 Å². The first-order valence-corrected chi connectivity index (χ1v) is 11.3. The molecule has 3 N–H and O–H groups in total. The van der Waals surface area contributed by atoms with E-state index in [1.54, 1.807) is 18.3 Å². The van der Waals surface area contributed by atoms with Gasteiger partial charge < -0.3 is 20.1 Å². The quantitative estimate of drug-likeness (QED) is 0.352. The molecule has 1 saturated heterocycles. The van der Waals surface area contributed by atoms with Crippen molar-refractivity contribution in [2.24, 2.45) is 5.73 Å². The molecule has 1 fully saturated rings. The van der Waals surface area contributed by atoms with Crippen molar-refractivity contribution in [1.82, 2.24) is 9.97 Å². The van der Waals surface area contributed by atoms with Gasteiger partial charge in [-0.3, -0.25) is 5.41 Å². The number of anilines is 1. The lowest BCUT2D eigenvalue weighted by atomic mass is 9.88. The largest absolute Gasteiger partial charge is 0.455 e. The molecule has 0 spiro atoms. The van der Waals surface area contributed by atoms with Crippen LogP contribution in [0.4, 0.5) is 10.2 Å². The Bertz CT molecular complexity index is 1170. The van der Waals surface area contributed by atoms with Gasteiger partial charge in [-0.25, -0.2) is 9.97 Å². The lowest BCUT2D eigenvalue weighted by molar-refractivity contribution is 0.122. The lowest BCUT2D eigenvalue weighted by Gasteiger charge is -2.32. The van der Waals surface area contributed by atoms with Gasteiger partial charge in [-0.05, 0) is 35.9 Å². The molecule has 2 aromatic heterocycles. The fraction of sp³-hybridized carbons (Fsp3) is 0.261. The summed E-state index contributed by atoms with van der Waals surface area (Å²) in [4.78, 5) is 10.6. The number of amidine groups is 1. The SMILES string of the molecule is N=C(N)SC[C@@H]1c2cc(-c3cccnc3F)ccc2Oc2cnc(N3CCOCC3)cc21. The average molecular weight is 452 g/mol. The summed E-state index contributed by atoms with van der Waals surface area (Å²) in [6, 6.07) is 11.1. The van der Waals surface area contributed by atoms with Gasteiger partial charge in [0, 0.05) is 47.6 Å². The van der Waals surface area contributed by atoms with Crippen LogP contribution in [0.2, 0.25) is 0 Å². The number of ether oxygens (including phenoxy) is 2. The monoisotopic (exact) mass is 451 g/mol. The van der Waals surface area contributed by atoms with Crippen LogP contribution in [-0.2, 0) is 4.74 Å². The van der Waals surface area contributed by atoms with Crippen LogP contribution in [0.1, 0.15) is 17.0 Å². The predicted octanol–water partition coefficient (Wildman–Crippen LogP) is 3.98. The molecule has 7 nitrogen and oxygen atoms in total. The van der Waals surface area contributed by atoms with E-state index >= 15 is 0 Å². The molecule has 0 bridgehead atoms. The van der Waals surface area contributed by atoms with Crippen LogP contribution in [-0.4, -0.2) is 47.2 Å². The van der Waals surface area contributed by atoms with E-state index < -0.39 is 5.95 Å². The molecule has 3 aromatic rings. The van der Waals surface area contributed by atoms with Crippen molar-refractivity contribution in [2.75, 3.05) is 37.0 Å². The van der Waals surface area contributed by atoms with Crippen molar-refractivity contribution in [3.63, 3.8) is 0 Å². The summed E-state index contributed by atoms with van der Waals surface area (Å²) < 4.78 is 26.0. The molecular weight excluding hydrogens is 429 g/mol. The van der Waals surface area contributed by atoms with Gasteiger partial charge in [0.25, 0.3) is 0 Å². The van der Waals surface area contributed by atoms with E-state index in [1.807, 2.05) is 24.3 Å². The second-order valence-corrected chi connectivity index (χ2v) is 8.67. The zero-order valence-electron chi connectivity index (χ0n) is 17.3. The number of thioether (sulfide) groups is 1. The van der Waals surface area contributed by atoms with Crippen molar-refractivity contribution < 1.29 is 13.9 Å². The number of pyridine rings is 2. The Balaban J connectivity index is 1.57. The molecule has 2 aliphatic heterocycles. The van der Waals surface area contributed by atoms with Gasteiger partial charge in [-0.2, -0.15) is 4.39 Å². The number of rotatable bonds is 4. The molecule has 0 aliphatic carbocycles. The van der Waals surface area contributed by atoms with Gasteiger partial charge in [-0.15, -0.1) is 0 Å². The highest BCUT2D eigenvalue weighted by molar-refractivity contribution is 8.13. The molecular formula is C23H22FN5O2S. The lowest BCUT2D eigenvalue weighted by Crippen LogP contribution is -2.36. The molecule has 1 atom stereocenters. The molecule has 0 radical (unpaired) electrons. The Morgan fingerprint density at radius 2 is 1.97 bits per heavy atom. The highest BCUT2D eigenvalue weighted by Crippen LogP contribution is 2.47. The zero-order chi connectivity index (χ0) is 22.1. The van der Waals surface area contributed by atoms with E-state index in [0.29, 0.717) is 36.0 Å². The summed E-state index contributed by atoms with van der Waals surface area (Å²) in [5.74, 6) is 2.20. The minimum absolute atomic E-state index is 0.0523. The predicted molar refractivity (Wildman–Crippen MR) is 123 cm³/mol. The van der Waals surface area contributed by atoms with Crippen molar-refractivity contribution >= 4 is 22.7 Å². The maximum absolute atomic E-state index is 14.3. The number of morpholine rings is 1. The number of hydrogen-bond donors (Lipinski definition) is 2. The maximum Gasteiger partial charge on any atom is 0.220 e. The van der Waals surface area contributed by atoms with Crippen molar-refractivity contribution in [1.29, 1.82) is 5.41 Å². The van der Waals surface area contributed by atoms with E-state index in [2.05, 4.69) is 14.9 Å². The third kappa shape index (κ3) is 4.01. The van der Waals surface area contributed by atoms with Crippen LogP contribution in [0.3, 0.4) is 0 Å². The minimum Gasteiger partial charge on any atom is -0.455 e. The summed E-state index contributed by atoms with van der Waals surface area (Å²) in [5.41, 5.74) is 8.72. The molecule has 0 unspecified atom stereocenters. The number of halogens is 1. The zero-order valence-corrected chi connectivity index (χ0v) is 18.1. The van der Waals surface area contributed by atoms with E-state index in [-0.39, 0.29) is 11.1 Å². The first-order valence-electron chi connectivity index (χ1n) is 10.3. The number of nitrogens with two attached hydrogens (primary N) is 1. The number of fused-ring (bicyclic) bond motifs is 2. The summed E-state index contributed by atoms with van der Waals surface area (Å²) in [6.45, 7) is 2.89. The van der Waals surface area contributed by atoms with Crippen LogP contribution < -0.4 is 15.4 Å². The van der Waals surface area contributed by atoms with Gasteiger partial charge in [0.15, 0.2) is 5.17 Å². The molecule has 9 heteroatoms. The highest BCUT2D eigenvalue weighted by Gasteiger charge is 2.30. The molecule has 2 aliphatic rings. The first kappa shape index (κ1) is 20.7. The number of hydrogen-bond acceptors (Lipinski definition) is 7. The molecule has 32 heavy (non-hydrogen) atoms. The van der Waals surface area contributed by atoms with E-state index in [4.69, 9.17) is 20.6 Å². The highest BCUT2D eigenvalue weighted by atomic mass is 32.2. The smallest absolute Gasteiger partial charge is 0.220 e. The Kier molecular flexibility index (Phi) is 5.67. The minimum atomic E-state index is -0.516. The van der Waals surface area contributed by atoms with Gasteiger partial charge in [0.1, 0.15) is 17.3 Å². The topological polar surface area (TPSA) is 97.4 Å². The number of benzene rings is 1. The third-order valence-electron chi connectivity index (χ3n) is 5.67. The van der Waals surface area contributed by atoms with Gasteiger partial charge in [-0.1, -0.05) is 17.8 Å². The fourth-order valence-electron chi connectivity index (χ4n) is 4.09. The van der Waals surface area contributed by atoms with Gasteiger partial charge in [0.05, 0.1) is 19.4 Å². The molecule has 1 aromatic carbocycles. The molecule has 0 saturated carbocycles. The van der Waals surface area contributed by atoms with Gasteiger partial charge in [0.2, 0.25) is 5.95 Å². The summed E-state index contributed by atoms with van der Waals surface area (Å²) in [7, 11) is 0. The molecule has 4 heterocycles. The number of nitrogens with one attached hydrogen (secondary N) is 1. The van der Waals surface area contributed by atoms with Crippen molar-refractivity contribution in [2.45, 2.75) is 5.92 Å². The average Bonchev–Trinajstić information content (AvgIpc) is 2.82. The fourth-order valence-corrected chi connectivity index (χ4v) is 4.80. The third-order valence-corrected chi connectivity index (χ3v) is 6.49. The summed E-state index contributed by atoms with van der Waals surface area (Å²) in [5, 5.41) is 7.76. The van der Waals surface area contributed by atoms with E-state index in [1.165, 1.54) is 18.0 Å². The Labute approximate surface area is 189 Å². The van der Waals surface area contributed by atoms with E-state index in [9.17, 15) is 4.39 Å². The van der Waals surface area contributed by atoms with Crippen molar-refractivity contribution in [3.8, 4) is 22.6 Å². The van der Waals surface area contributed by atoms with Crippen LogP contribution in [0.5, 0.6) is 11.5 Å². The molecule has 5 rings (SSSR count). The van der Waals surface area contributed by atoms with Crippen molar-refractivity contribution in [3.05, 3.63) is 65.9 Å². The maximum atomic E-state index is 14.3. The summed E-state index contributed by atoms with van der Waals surface area (Å²) in [6.07, 6.45) is 3.19. The Morgan fingerprint density at radius 1 is 1.16 bits per heavy atom. The number of nitrogens with zero attached hydrogens (tertiary/aromatic N) is 3. The normalized spacial score (nSPS) is 17.3. The van der Waals surface area contributed by atoms with Crippen LogP contribution in [0.25, 0.3) is 11.1 Å². The molecule has 0 amide bonds. The van der Waals surface area contributed by atoms with Crippen LogP contribution in [0, 0.1) is 11.4 Å². The Hall–Kier alpha value is -3.17. The first-order chi connectivity index (χ1) is 15.6. The second-order valence-electron chi connectivity index (χ2n) is 7.60. The van der Waals surface area contributed by atoms with E-state index in [0.717, 1.165) is 35.6 Å². The Morgan fingerprint density at radius 3 is 2.75 bits per heavy atom. The molecule has 164 valence electrons.